The molecule has 4 rings (SSSR count). The second kappa shape index (κ2) is 18.8. The van der Waals surface area contributed by atoms with Crippen LogP contribution in [0.5, 0.6) is 5.88 Å². The molecule has 0 amide bonds. The number of hydrogen-bond donors (Lipinski definition) is 1. The van der Waals surface area contributed by atoms with Gasteiger partial charge in [0.05, 0.1) is 0 Å². The number of aromatic nitrogens is 4. The Hall–Kier alpha value is -3.77. The molecule has 0 radical (unpaired) electrons. The van der Waals surface area contributed by atoms with E-state index < -0.39 is 0 Å². The molecule has 9 heteroatoms. The predicted molar refractivity (Wildman–Crippen MR) is 204 cm³/mol. The molecule has 0 aliphatic rings. The molecule has 8 nitrogen and oxygen atoms in total. The smallest absolute Gasteiger partial charge is 0.233 e. The minimum absolute atomic E-state index is 0.0559. The standard InChI is InChI=1S/C40H57N7OS/c1-8-14-20-29(11-4)26-46(27-30(12-5)21-15-9-2)40-43-35(32-23-18-17-19-24-32)38(49-40)42-34-28(7)33(25-41)39(48)47-37(34)44-36(45-47)31(13-6)22-16-10-3/h17-19,23-24,29-31,48H,7-16,20-22,26-27H2,1-6H3. The Morgan fingerprint density at radius 1 is 0.898 bits per heavy atom. The fraction of sp³-hybridized carbons (Fsp3) is 0.575. The molecule has 3 heterocycles. The topological polar surface area (TPSA) is 103 Å². The van der Waals surface area contributed by atoms with Gasteiger partial charge in [-0.25, -0.2) is 15.0 Å². The van der Waals surface area contributed by atoms with E-state index >= 15 is 0 Å². The molecular weight excluding hydrogens is 627 g/mol. The van der Waals surface area contributed by atoms with Crippen LogP contribution in [0.15, 0.2) is 35.3 Å². The van der Waals surface area contributed by atoms with E-state index in [0.29, 0.717) is 33.9 Å². The Morgan fingerprint density at radius 2 is 1.51 bits per heavy atom. The lowest BCUT2D eigenvalue weighted by Crippen LogP contribution is -2.34. The molecule has 1 N–H and O–H groups in total. The van der Waals surface area contributed by atoms with Crippen LogP contribution in [0.4, 0.5) is 10.1 Å². The summed E-state index contributed by atoms with van der Waals surface area (Å²) in [5.74, 6) is 1.73. The van der Waals surface area contributed by atoms with Crippen molar-refractivity contribution in [2.75, 3.05) is 18.0 Å². The fourth-order valence-electron chi connectivity index (χ4n) is 6.58. The second-order valence-electron chi connectivity index (χ2n) is 13.5. The minimum atomic E-state index is -0.250. The molecule has 0 spiro atoms. The summed E-state index contributed by atoms with van der Waals surface area (Å²) in [4.78, 5) is 18.1. The summed E-state index contributed by atoms with van der Waals surface area (Å²) in [6, 6.07) is 12.3. The van der Waals surface area contributed by atoms with E-state index in [1.54, 1.807) is 11.3 Å². The summed E-state index contributed by atoms with van der Waals surface area (Å²) in [7, 11) is 0. The van der Waals surface area contributed by atoms with E-state index in [-0.39, 0.29) is 17.4 Å². The monoisotopic (exact) mass is 683 g/mol. The average Bonchev–Trinajstić information content (AvgIpc) is 3.76. The zero-order chi connectivity index (χ0) is 35.3. The van der Waals surface area contributed by atoms with Crippen molar-refractivity contribution in [3.05, 3.63) is 52.3 Å². The highest BCUT2D eigenvalue weighted by atomic mass is 32.1. The number of benzene rings is 1. The van der Waals surface area contributed by atoms with Crippen LogP contribution in [0, 0.1) is 23.2 Å². The zero-order valence-electron chi connectivity index (χ0n) is 30.7. The van der Waals surface area contributed by atoms with Crippen molar-refractivity contribution in [1.29, 1.82) is 5.26 Å². The Labute approximate surface area is 297 Å². The van der Waals surface area contributed by atoms with Crippen molar-refractivity contribution in [2.45, 2.75) is 125 Å². The quantitative estimate of drug-likeness (QED) is 0.0995. The summed E-state index contributed by atoms with van der Waals surface area (Å²) in [5, 5.41) is 28.5. The van der Waals surface area contributed by atoms with Gasteiger partial charge in [-0.05, 0) is 37.5 Å². The lowest BCUT2D eigenvalue weighted by molar-refractivity contribution is 0.403. The van der Waals surface area contributed by atoms with E-state index in [4.69, 9.17) is 20.1 Å². The van der Waals surface area contributed by atoms with Crippen LogP contribution >= 0.6 is 11.3 Å². The van der Waals surface area contributed by atoms with Crippen molar-refractivity contribution >= 4 is 33.7 Å². The van der Waals surface area contributed by atoms with E-state index in [9.17, 15) is 10.4 Å². The third kappa shape index (κ3) is 9.27. The lowest BCUT2D eigenvalue weighted by Gasteiger charge is -2.30. The van der Waals surface area contributed by atoms with Gasteiger partial charge in [-0.15, -0.1) is 5.10 Å². The van der Waals surface area contributed by atoms with E-state index in [1.165, 1.54) is 43.0 Å². The maximum Gasteiger partial charge on any atom is 0.233 e. The van der Waals surface area contributed by atoms with Crippen molar-refractivity contribution in [3.63, 3.8) is 0 Å². The summed E-state index contributed by atoms with van der Waals surface area (Å²) in [5.41, 5.74) is 2.24. The minimum Gasteiger partial charge on any atom is -0.492 e. The number of nitrogens with zero attached hydrogens (tertiary/aromatic N) is 7. The van der Waals surface area contributed by atoms with Crippen molar-refractivity contribution in [2.24, 2.45) is 16.8 Å². The van der Waals surface area contributed by atoms with E-state index in [0.717, 1.165) is 73.0 Å². The van der Waals surface area contributed by atoms with Gasteiger partial charge in [-0.3, -0.25) is 0 Å². The van der Waals surface area contributed by atoms with Crippen LogP contribution in [0.25, 0.3) is 23.5 Å². The first-order chi connectivity index (χ1) is 23.8. The largest absolute Gasteiger partial charge is 0.492 e. The Bertz CT molecular complexity index is 1760. The molecule has 3 unspecified atom stereocenters. The van der Waals surface area contributed by atoms with E-state index in [2.05, 4.69) is 71.2 Å². The van der Waals surface area contributed by atoms with Gasteiger partial charge in [0.1, 0.15) is 27.7 Å². The van der Waals surface area contributed by atoms with Gasteiger partial charge in [0.2, 0.25) is 5.88 Å². The molecule has 264 valence electrons. The first-order valence-electron chi connectivity index (χ1n) is 18.7. The first-order valence-corrected chi connectivity index (χ1v) is 19.6. The van der Waals surface area contributed by atoms with Crippen molar-refractivity contribution in [3.8, 4) is 23.2 Å². The number of anilines is 1. The number of aromatic hydroxyl groups is 1. The summed E-state index contributed by atoms with van der Waals surface area (Å²) >= 11 is 1.59. The second-order valence-corrected chi connectivity index (χ2v) is 14.4. The normalized spacial score (nSPS) is 13.9. The Kier molecular flexibility index (Phi) is 14.6. The lowest BCUT2D eigenvalue weighted by atomic mass is 9.96. The van der Waals surface area contributed by atoms with Crippen molar-refractivity contribution in [1.82, 2.24) is 19.6 Å². The van der Waals surface area contributed by atoms with Crippen LogP contribution in [0.1, 0.15) is 136 Å². The number of hydrogen-bond acceptors (Lipinski definition) is 8. The van der Waals surface area contributed by atoms with Crippen LogP contribution in [-0.4, -0.2) is 37.8 Å². The molecular formula is C40H57N7OS. The highest BCUT2D eigenvalue weighted by molar-refractivity contribution is 7.19. The summed E-state index contributed by atoms with van der Waals surface area (Å²) < 4.78 is 1.38. The molecule has 0 saturated carbocycles. The van der Waals surface area contributed by atoms with Gasteiger partial charge in [-0.2, -0.15) is 9.78 Å². The van der Waals surface area contributed by atoms with E-state index in [1.807, 2.05) is 18.2 Å². The number of thiazole rings is 1. The Morgan fingerprint density at radius 3 is 2.06 bits per heavy atom. The molecule has 0 bridgehead atoms. The first kappa shape index (κ1) is 38.0. The maximum absolute atomic E-state index is 11.2. The van der Waals surface area contributed by atoms with Crippen LogP contribution < -0.4 is 15.5 Å². The van der Waals surface area contributed by atoms with Gasteiger partial charge in [0.15, 0.2) is 16.6 Å². The van der Waals surface area contributed by atoms with Gasteiger partial charge >= 0.3 is 0 Å². The van der Waals surface area contributed by atoms with Gasteiger partial charge in [-0.1, -0.05) is 141 Å². The number of nitriles is 1. The molecule has 3 aromatic heterocycles. The van der Waals surface area contributed by atoms with Crippen LogP contribution in [0.2, 0.25) is 0 Å². The highest BCUT2D eigenvalue weighted by Crippen LogP contribution is 2.40. The van der Waals surface area contributed by atoms with Crippen LogP contribution in [-0.2, 0) is 0 Å². The number of fused-ring (bicyclic) bond motifs is 1. The van der Waals surface area contributed by atoms with Crippen molar-refractivity contribution < 1.29 is 5.11 Å². The fourth-order valence-corrected chi connectivity index (χ4v) is 7.57. The number of unbranched alkanes of at least 4 members (excludes halogenated alkanes) is 3. The molecule has 3 atom stereocenters. The molecule has 0 fully saturated rings. The summed E-state index contributed by atoms with van der Waals surface area (Å²) in [6.45, 7) is 19.6. The Balaban J connectivity index is 1.95. The predicted octanol–water partition coefficient (Wildman–Crippen LogP) is 9.71. The number of pyridine rings is 1. The van der Waals surface area contributed by atoms with Gasteiger partial charge in [0, 0.05) is 29.8 Å². The molecule has 0 aliphatic heterocycles. The molecule has 1 aromatic carbocycles. The number of rotatable bonds is 20. The molecule has 0 aliphatic carbocycles. The van der Waals surface area contributed by atoms with Gasteiger partial charge in [0.25, 0.3) is 0 Å². The van der Waals surface area contributed by atoms with Crippen LogP contribution in [0.3, 0.4) is 0 Å². The third-order valence-corrected chi connectivity index (χ3v) is 10.9. The highest BCUT2D eigenvalue weighted by Gasteiger charge is 2.24. The SMILES string of the molecule is C=c1c(C#N)c(O)n2nc(C(CC)CCCC)nc2c1=Nc1sc(N(CC(CC)CCCC)CC(CC)CCCC)nc1-c1ccccc1. The third-order valence-electron chi connectivity index (χ3n) is 9.90. The zero-order valence-corrected chi connectivity index (χ0v) is 31.5. The molecule has 0 saturated heterocycles. The average molecular weight is 684 g/mol. The molecule has 49 heavy (non-hydrogen) atoms. The van der Waals surface area contributed by atoms with Gasteiger partial charge < -0.3 is 10.0 Å². The summed E-state index contributed by atoms with van der Waals surface area (Å²) in [6.07, 6.45) is 13.5. The maximum atomic E-state index is 11.2. The molecule has 4 aromatic rings.